The second-order valence-electron chi connectivity index (χ2n) is 8.32. The van der Waals surface area contributed by atoms with E-state index in [9.17, 15) is 29.4 Å². The molecule has 0 fully saturated rings. The van der Waals surface area contributed by atoms with Crippen LogP contribution in [0.25, 0.3) is 10.9 Å². The number of rotatable bonds is 13. The van der Waals surface area contributed by atoms with E-state index in [1.807, 2.05) is 30.5 Å². The molecular weight excluding hydrogens is 474 g/mol. The molecule has 0 saturated carbocycles. The number of amides is 3. The zero-order valence-electron chi connectivity index (χ0n) is 19.9. The Bertz CT molecular complexity index is 1040. The van der Waals surface area contributed by atoms with Gasteiger partial charge in [-0.05, 0) is 43.9 Å². The lowest BCUT2D eigenvalue weighted by atomic mass is 10.0. The number of carbonyl (C=O) groups is 4. The Morgan fingerprint density at radius 2 is 1.66 bits per heavy atom. The van der Waals surface area contributed by atoms with Gasteiger partial charge >= 0.3 is 5.97 Å². The van der Waals surface area contributed by atoms with E-state index in [1.165, 1.54) is 25.6 Å². The quantitative estimate of drug-likeness (QED) is 0.193. The number of aliphatic carboxylic acids is 1. The molecular formula is C23H33N5O6S. The van der Waals surface area contributed by atoms with Crippen LogP contribution in [-0.4, -0.2) is 81.2 Å². The first-order chi connectivity index (χ1) is 16.5. The lowest BCUT2D eigenvalue weighted by Crippen LogP contribution is -2.58. The predicted octanol–water partition coefficient (Wildman–Crippen LogP) is -0.269. The van der Waals surface area contributed by atoms with Crippen molar-refractivity contribution in [2.45, 2.75) is 57.0 Å². The topological polar surface area (TPSA) is 187 Å². The summed E-state index contributed by atoms with van der Waals surface area (Å²) in [6.07, 6.45) is 2.56. The van der Waals surface area contributed by atoms with Crippen LogP contribution < -0.4 is 21.7 Å². The third-order valence-electron chi connectivity index (χ3n) is 5.44. The lowest BCUT2D eigenvalue weighted by Gasteiger charge is -2.25. The standard InChI is InChI=1S/C23H33N5O6S/c1-12(24)20(30)26-17(8-9-35-3)21(31)27-18(22(32)28-19(13(2)29)23(33)34)10-14-11-25-16-7-5-4-6-15(14)16/h4-7,11-13,17-19,25,29H,8-10,24H2,1-3H3,(H,26,30)(H,27,31)(H,28,32)(H,33,34). The van der Waals surface area contributed by atoms with Gasteiger partial charge in [-0.2, -0.15) is 11.8 Å². The van der Waals surface area contributed by atoms with Gasteiger partial charge in [0.05, 0.1) is 12.1 Å². The number of fused-ring (bicyclic) bond motifs is 1. The summed E-state index contributed by atoms with van der Waals surface area (Å²) in [5.41, 5.74) is 7.18. The zero-order chi connectivity index (χ0) is 26.1. The van der Waals surface area contributed by atoms with Gasteiger partial charge in [0.1, 0.15) is 12.1 Å². The summed E-state index contributed by atoms with van der Waals surface area (Å²) >= 11 is 1.49. The number of carbonyl (C=O) groups excluding carboxylic acids is 3. The molecule has 1 heterocycles. The van der Waals surface area contributed by atoms with E-state index in [-0.39, 0.29) is 6.42 Å². The van der Waals surface area contributed by atoms with Crippen molar-refractivity contribution in [3.63, 3.8) is 0 Å². The summed E-state index contributed by atoms with van der Waals surface area (Å²) < 4.78 is 0. The Morgan fingerprint density at radius 1 is 1.03 bits per heavy atom. The lowest BCUT2D eigenvalue weighted by molar-refractivity contribution is -0.145. The zero-order valence-corrected chi connectivity index (χ0v) is 20.7. The number of hydrogen-bond acceptors (Lipinski definition) is 7. The van der Waals surface area contributed by atoms with Gasteiger partial charge in [-0.1, -0.05) is 18.2 Å². The maximum Gasteiger partial charge on any atom is 0.328 e. The maximum absolute atomic E-state index is 13.1. The molecule has 0 spiro atoms. The molecule has 5 unspecified atom stereocenters. The van der Waals surface area contributed by atoms with Gasteiger partial charge in [0.2, 0.25) is 17.7 Å². The molecule has 3 amide bonds. The Morgan fingerprint density at radius 3 is 2.26 bits per heavy atom. The van der Waals surface area contributed by atoms with Crippen molar-refractivity contribution in [2.75, 3.05) is 12.0 Å². The van der Waals surface area contributed by atoms with Gasteiger partial charge in [0.15, 0.2) is 6.04 Å². The van der Waals surface area contributed by atoms with E-state index in [1.54, 1.807) is 6.20 Å². The molecule has 0 saturated heterocycles. The Hall–Kier alpha value is -3.09. The Kier molecular flexibility index (Phi) is 10.6. The molecule has 2 rings (SSSR count). The summed E-state index contributed by atoms with van der Waals surface area (Å²) in [5.74, 6) is -2.73. The summed E-state index contributed by atoms with van der Waals surface area (Å²) in [6.45, 7) is 2.74. The van der Waals surface area contributed by atoms with Gasteiger partial charge in [0, 0.05) is 23.5 Å². The van der Waals surface area contributed by atoms with Crippen molar-refractivity contribution < 1.29 is 29.4 Å². The molecule has 35 heavy (non-hydrogen) atoms. The molecule has 8 N–H and O–H groups in total. The van der Waals surface area contributed by atoms with Crippen LogP contribution in [0, 0.1) is 0 Å². The number of nitrogens with one attached hydrogen (secondary N) is 4. The van der Waals surface area contributed by atoms with Crippen molar-refractivity contribution in [3.8, 4) is 0 Å². The Labute approximate surface area is 207 Å². The number of aromatic amines is 1. The van der Waals surface area contributed by atoms with Gasteiger partial charge in [0.25, 0.3) is 0 Å². The summed E-state index contributed by atoms with van der Waals surface area (Å²) in [7, 11) is 0. The van der Waals surface area contributed by atoms with Crippen molar-refractivity contribution in [2.24, 2.45) is 5.73 Å². The summed E-state index contributed by atoms with van der Waals surface area (Å²) in [5, 5.41) is 27.5. The van der Waals surface area contributed by atoms with Gasteiger partial charge in [-0.25, -0.2) is 4.79 Å². The molecule has 12 heteroatoms. The molecule has 0 radical (unpaired) electrons. The molecule has 11 nitrogen and oxygen atoms in total. The fourth-order valence-corrected chi connectivity index (χ4v) is 3.92. The van der Waals surface area contributed by atoms with Crippen molar-refractivity contribution in [1.82, 2.24) is 20.9 Å². The monoisotopic (exact) mass is 507 g/mol. The highest BCUT2D eigenvalue weighted by atomic mass is 32.2. The van der Waals surface area contributed by atoms with Gasteiger partial charge in [-0.3, -0.25) is 14.4 Å². The minimum absolute atomic E-state index is 0.0459. The van der Waals surface area contributed by atoms with Crippen LogP contribution in [0.1, 0.15) is 25.8 Å². The van der Waals surface area contributed by atoms with Crippen molar-refractivity contribution >= 4 is 46.4 Å². The normalized spacial score (nSPS) is 15.5. The minimum Gasteiger partial charge on any atom is -0.480 e. The first kappa shape index (κ1) is 28.1. The van der Waals surface area contributed by atoms with Crippen molar-refractivity contribution in [3.05, 3.63) is 36.0 Å². The number of para-hydroxylation sites is 1. The van der Waals surface area contributed by atoms with Crippen LogP contribution >= 0.6 is 11.8 Å². The van der Waals surface area contributed by atoms with E-state index in [4.69, 9.17) is 5.73 Å². The number of carboxylic acids is 1. The SMILES string of the molecule is CSCCC(NC(=O)C(C)N)C(=O)NC(Cc1c[nH]c2ccccc12)C(=O)NC(C(=O)O)C(C)O. The molecule has 0 aliphatic carbocycles. The number of aliphatic hydroxyl groups is 1. The van der Waals surface area contributed by atoms with Crippen LogP contribution in [0.3, 0.4) is 0 Å². The molecule has 0 bridgehead atoms. The third-order valence-corrected chi connectivity index (χ3v) is 6.08. The predicted molar refractivity (Wildman–Crippen MR) is 134 cm³/mol. The largest absolute Gasteiger partial charge is 0.480 e. The molecule has 1 aromatic carbocycles. The number of hydrogen-bond donors (Lipinski definition) is 7. The van der Waals surface area contributed by atoms with Crippen LogP contribution in [0.4, 0.5) is 0 Å². The smallest absolute Gasteiger partial charge is 0.328 e. The number of H-pyrrole nitrogens is 1. The molecule has 1 aromatic heterocycles. The van der Waals surface area contributed by atoms with E-state index >= 15 is 0 Å². The first-order valence-corrected chi connectivity index (χ1v) is 12.6. The van der Waals surface area contributed by atoms with E-state index in [0.29, 0.717) is 12.2 Å². The Balaban J connectivity index is 2.31. The molecule has 5 atom stereocenters. The highest BCUT2D eigenvalue weighted by Gasteiger charge is 2.32. The van der Waals surface area contributed by atoms with Gasteiger partial charge in [-0.15, -0.1) is 0 Å². The highest BCUT2D eigenvalue weighted by molar-refractivity contribution is 7.98. The fraction of sp³-hybridized carbons (Fsp3) is 0.478. The van der Waals surface area contributed by atoms with E-state index in [0.717, 1.165) is 16.5 Å². The maximum atomic E-state index is 13.1. The average molecular weight is 508 g/mol. The number of thioether (sulfide) groups is 1. The second kappa shape index (κ2) is 13.1. The van der Waals surface area contributed by atoms with Crippen LogP contribution in [0.15, 0.2) is 30.5 Å². The molecule has 0 aliphatic rings. The molecule has 2 aromatic rings. The van der Waals surface area contributed by atoms with E-state index < -0.39 is 54.0 Å². The molecule has 192 valence electrons. The van der Waals surface area contributed by atoms with Crippen molar-refractivity contribution in [1.29, 1.82) is 0 Å². The van der Waals surface area contributed by atoms with Crippen LogP contribution in [0.5, 0.6) is 0 Å². The number of aromatic nitrogens is 1. The van der Waals surface area contributed by atoms with Gasteiger partial charge < -0.3 is 36.9 Å². The number of nitrogens with two attached hydrogens (primary N) is 1. The average Bonchev–Trinajstić information content (AvgIpc) is 3.21. The van der Waals surface area contributed by atoms with Crippen LogP contribution in [-0.2, 0) is 25.6 Å². The number of aliphatic hydroxyl groups excluding tert-OH is 1. The fourth-order valence-electron chi connectivity index (χ4n) is 3.45. The second-order valence-corrected chi connectivity index (χ2v) is 9.31. The highest BCUT2D eigenvalue weighted by Crippen LogP contribution is 2.19. The summed E-state index contributed by atoms with van der Waals surface area (Å²) in [6, 6.07) is 2.91. The summed E-state index contributed by atoms with van der Waals surface area (Å²) in [4.78, 5) is 53.0. The third kappa shape index (κ3) is 7.98. The number of benzene rings is 1. The number of carboxylic acid groups (broad SMARTS) is 1. The first-order valence-electron chi connectivity index (χ1n) is 11.2. The minimum atomic E-state index is -1.56. The molecule has 0 aliphatic heterocycles. The van der Waals surface area contributed by atoms with Crippen LogP contribution in [0.2, 0.25) is 0 Å². The van der Waals surface area contributed by atoms with E-state index in [2.05, 4.69) is 20.9 Å².